The predicted molar refractivity (Wildman–Crippen MR) is 80.4 cm³/mol. The highest BCUT2D eigenvalue weighted by molar-refractivity contribution is 7.16. The van der Waals surface area contributed by atoms with Crippen LogP contribution < -0.4 is 4.80 Å². The number of carbonyl (C=O) groups is 1. The molecule has 19 heavy (non-hydrogen) atoms. The highest BCUT2D eigenvalue weighted by Crippen LogP contribution is 2.23. The van der Waals surface area contributed by atoms with Crippen molar-refractivity contribution in [1.29, 1.82) is 0 Å². The van der Waals surface area contributed by atoms with Crippen molar-refractivity contribution < 1.29 is 4.79 Å². The summed E-state index contributed by atoms with van der Waals surface area (Å²) >= 11 is 1.62. The van der Waals surface area contributed by atoms with Crippen molar-refractivity contribution in [3.8, 4) is 0 Å². The molecular formula is C15H20N2OS. The zero-order chi connectivity index (χ0) is 14.0. The quantitative estimate of drug-likeness (QED) is 0.844. The average Bonchev–Trinajstić information content (AvgIpc) is 2.69. The molecule has 0 aliphatic carbocycles. The number of aromatic nitrogens is 1. The summed E-state index contributed by atoms with van der Waals surface area (Å²) in [5.41, 5.74) is 3.71. The first-order valence-corrected chi connectivity index (χ1v) is 7.56. The van der Waals surface area contributed by atoms with Gasteiger partial charge in [0.25, 0.3) is 0 Å². The number of nitrogens with zero attached hydrogens (tertiary/aromatic N) is 2. The predicted octanol–water partition coefficient (Wildman–Crippen LogP) is 3.57. The topological polar surface area (TPSA) is 34.4 Å². The van der Waals surface area contributed by atoms with Gasteiger partial charge in [0.1, 0.15) is 0 Å². The first-order chi connectivity index (χ1) is 9.06. The van der Waals surface area contributed by atoms with Gasteiger partial charge in [-0.25, -0.2) is 0 Å². The molecule has 0 aliphatic heterocycles. The molecule has 4 heteroatoms. The maximum Gasteiger partial charge on any atom is 0.248 e. The summed E-state index contributed by atoms with van der Waals surface area (Å²) in [6.45, 7) is 9.12. The number of rotatable bonds is 3. The normalized spacial score (nSPS) is 12.3. The van der Waals surface area contributed by atoms with E-state index in [2.05, 4.69) is 42.5 Å². The van der Waals surface area contributed by atoms with Gasteiger partial charge < -0.3 is 4.57 Å². The van der Waals surface area contributed by atoms with Crippen LogP contribution in [-0.4, -0.2) is 10.5 Å². The van der Waals surface area contributed by atoms with Gasteiger partial charge in [-0.15, -0.1) is 0 Å². The molecular weight excluding hydrogens is 256 g/mol. The first kappa shape index (κ1) is 14.0. The molecule has 0 N–H and O–H groups in total. The molecule has 1 amide bonds. The number of thiazole rings is 1. The molecule has 0 atom stereocenters. The minimum absolute atomic E-state index is 0.0502. The highest BCUT2D eigenvalue weighted by atomic mass is 32.1. The molecule has 3 nitrogen and oxygen atoms in total. The van der Waals surface area contributed by atoms with Crippen molar-refractivity contribution in [2.45, 2.75) is 47.1 Å². The van der Waals surface area contributed by atoms with Crippen LogP contribution in [0.2, 0.25) is 0 Å². The Kier molecular flexibility index (Phi) is 4.20. The van der Waals surface area contributed by atoms with Gasteiger partial charge in [0, 0.05) is 13.0 Å². The van der Waals surface area contributed by atoms with Crippen LogP contribution in [-0.2, 0) is 11.3 Å². The van der Waals surface area contributed by atoms with Crippen LogP contribution in [0.25, 0.3) is 10.2 Å². The summed E-state index contributed by atoms with van der Waals surface area (Å²) in [7, 11) is 0. The van der Waals surface area contributed by atoms with Gasteiger partial charge in [-0.3, -0.25) is 4.79 Å². The summed E-state index contributed by atoms with van der Waals surface area (Å²) in [5, 5.41) is 0. The molecule has 102 valence electrons. The highest BCUT2D eigenvalue weighted by Gasteiger charge is 2.09. The second kappa shape index (κ2) is 5.70. The minimum Gasteiger partial charge on any atom is -0.316 e. The van der Waals surface area contributed by atoms with Crippen LogP contribution in [0, 0.1) is 13.8 Å². The van der Waals surface area contributed by atoms with Crippen molar-refractivity contribution >= 4 is 27.5 Å². The van der Waals surface area contributed by atoms with E-state index >= 15 is 0 Å². The third-order valence-corrected chi connectivity index (χ3v) is 4.31. The van der Waals surface area contributed by atoms with Crippen molar-refractivity contribution in [2.24, 2.45) is 4.99 Å². The number of hydrogen-bond acceptors (Lipinski definition) is 2. The van der Waals surface area contributed by atoms with Gasteiger partial charge in [-0.1, -0.05) is 31.3 Å². The van der Waals surface area contributed by atoms with Crippen molar-refractivity contribution in [3.63, 3.8) is 0 Å². The zero-order valence-electron chi connectivity index (χ0n) is 12.0. The van der Waals surface area contributed by atoms with Gasteiger partial charge in [0.05, 0.1) is 10.2 Å². The number of amides is 1. The van der Waals surface area contributed by atoms with E-state index in [9.17, 15) is 4.79 Å². The number of hydrogen-bond donors (Lipinski definition) is 0. The Labute approximate surface area is 117 Å². The monoisotopic (exact) mass is 276 g/mol. The lowest BCUT2D eigenvalue weighted by Gasteiger charge is -2.04. The molecule has 0 fully saturated rings. The molecule has 1 aromatic carbocycles. The molecule has 2 rings (SSSR count). The Balaban J connectivity index is 2.77. The fraction of sp³-hybridized carbons (Fsp3) is 0.467. The Morgan fingerprint density at radius 1 is 1.32 bits per heavy atom. The van der Waals surface area contributed by atoms with E-state index in [1.807, 2.05) is 6.92 Å². The van der Waals surface area contributed by atoms with Crippen LogP contribution >= 0.6 is 11.3 Å². The lowest BCUT2D eigenvalue weighted by Crippen LogP contribution is -2.16. The maximum absolute atomic E-state index is 11.6. The molecule has 0 saturated carbocycles. The molecule has 0 aliphatic rings. The SMILES string of the molecule is CCCn1c(=NC(=O)CC)sc2c(C)cc(C)cc21. The molecule has 0 radical (unpaired) electrons. The second-order valence-electron chi connectivity index (χ2n) is 4.83. The standard InChI is InChI=1S/C15H20N2OS/c1-5-7-17-12-9-10(3)8-11(4)14(12)19-15(17)16-13(18)6-2/h8-9H,5-7H2,1-4H3. The Hall–Kier alpha value is -1.42. The minimum atomic E-state index is -0.0502. The number of fused-ring (bicyclic) bond motifs is 1. The van der Waals surface area contributed by atoms with E-state index in [0.717, 1.165) is 17.8 Å². The summed E-state index contributed by atoms with van der Waals surface area (Å²) < 4.78 is 3.41. The third kappa shape index (κ3) is 2.78. The van der Waals surface area contributed by atoms with Crippen LogP contribution in [0.3, 0.4) is 0 Å². The summed E-state index contributed by atoms with van der Waals surface area (Å²) in [5.74, 6) is -0.0502. The third-order valence-electron chi connectivity index (χ3n) is 3.08. The summed E-state index contributed by atoms with van der Waals surface area (Å²) in [6, 6.07) is 4.37. The molecule has 2 aromatic rings. The second-order valence-corrected chi connectivity index (χ2v) is 5.80. The van der Waals surface area contributed by atoms with Crippen LogP contribution in [0.15, 0.2) is 17.1 Å². The Bertz CT molecular complexity index is 679. The number of benzene rings is 1. The lowest BCUT2D eigenvalue weighted by molar-refractivity contribution is -0.117. The summed E-state index contributed by atoms with van der Waals surface area (Å²) in [4.78, 5) is 16.7. The summed E-state index contributed by atoms with van der Waals surface area (Å²) in [6.07, 6.45) is 1.49. The van der Waals surface area contributed by atoms with Crippen LogP contribution in [0.4, 0.5) is 0 Å². The van der Waals surface area contributed by atoms with Crippen molar-refractivity contribution in [2.75, 3.05) is 0 Å². The van der Waals surface area contributed by atoms with E-state index < -0.39 is 0 Å². The van der Waals surface area contributed by atoms with Crippen molar-refractivity contribution in [1.82, 2.24) is 4.57 Å². The van der Waals surface area contributed by atoms with Gasteiger partial charge in [0.15, 0.2) is 4.80 Å². The Morgan fingerprint density at radius 3 is 2.68 bits per heavy atom. The van der Waals surface area contributed by atoms with Gasteiger partial charge in [-0.05, 0) is 37.5 Å². The zero-order valence-corrected chi connectivity index (χ0v) is 12.8. The molecule has 1 aromatic heterocycles. The van der Waals surface area contributed by atoms with Crippen LogP contribution in [0.5, 0.6) is 0 Å². The average molecular weight is 276 g/mol. The van der Waals surface area contributed by atoms with E-state index in [1.54, 1.807) is 11.3 Å². The van der Waals surface area contributed by atoms with Gasteiger partial charge >= 0.3 is 0 Å². The Morgan fingerprint density at radius 2 is 2.05 bits per heavy atom. The van der Waals surface area contributed by atoms with Gasteiger partial charge in [-0.2, -0.15) is 4.99 Å². The lowest BCUT2D eigenvalue weighted by atomic mass is 10.1. The van der Waals surface area contributed by atoms with E-state index in [0.29, 0.717) is 6.42 Å². The van der Waals surface area contributed by atoms with Crippen LogP contribution in [0.1, 0.15) is 37.8 Å². The largest absolute Gasteiger partial charge is 0.316 e. The molecule has 0 saturated heterocycles. The number of aryl methyl sites for hydroxylation is 3. The molecule has 0 unspecified atom stereocenters. The molecule has 0 spiro atoms. The fourth-order valence-corrected chi connectivity index (χ4v) is 3.35. The maximum atomic E-state index is 11.6. The smallest absolute Gasteiger partial charge is 0.248 e. The fourth-order valence-electron chi connectivity index (χ4n) is 2.22. The molecule has 1 heterocycles. The van der Waals surface area contributed by atoms with E-state index in [-0.39, 0.29) is 5.91 Å². The van der Waals surface area contributed by atoms with E-state index in [4.69, 9.17) is 0 Å². The molecule has 0 bridgehead atoms. The van der Waals surface area contributed by atoms with Gasteiger partial charge in [0.2, 0.25) is 5.91 Å². The van der Waals surface area contributed by atoms with E-state index in [1.165, 1.54) is 21.3 Å². The number of carbonyl (C=O) groups excluding carboxylic acids is 1. The van der Waals surface area contributed by atoms with Crippen molar-refractivity contribution in [3.05, 3.63) is 28.1 Å². The first-order valence-electron chi connectivity index (χ1n) is 6.75.